The summed E-state index contributed by atoms with van der Waals surface area (Å²) in [5.41, 5.74) is 1.79. The second kappa shape index (κ2) is 6.70. The second-order valence-corrected chi connectivity index (χ2v) is 4.28. The van der Waals surface area contributed by atoms with Crippen molar-refractivity contribution in [1.82, 2.24) is 9.88 Å². The third kappa shape index (κ3) is 3.15. The van der Waals surface area contributed by atoms with Crippen molar-refractivity contribution >= 4 is 6.09 Å². The molecule has 0 saturated carbocycles. The lowest BCUT2D eigenvalue weighted by Crippen LogP contribution is -2.33. The van der Waals surface area contributed by atoms with Crippen LogP contribution >= 0.6 is 0 Å². The van der Waals surface area contributed by atoms with Gasteiger partial charge in [0, 0.05) is 36.6 Å². The Morgan fingerprint density at radius 1 is 1.15 bits per heavy atom. The Balaban J connectivity index is 2.27. The summed E-state index contributed by atoms with van der Waals surface area (Å²) in [6, 6.07) is 11.3. The average Bonchev–Trinajstić information content (AvgIpc) is 2.50. The maximum atomic E-state index is 12.0. The molecule has 4 nitrogen and oxygen atoms in total. The van der Waals surface area contributed by atoms with Crippen molar-refractivity contribution < 1.29 is 9.53 Å². The van der Waals surface area contributed by atoms with E-state index < -0.39 is 0 Å². The van der Waals surface area contributed by atoms with Crippen LogP contribution < -0.4 is 4.74 Å². The Kier molecular flexibility index (Phi) is 4.71. The lowest BCUT2D eigenvalue weighted by Gasteiger charge is -2.19. The molecule has 104 valence electrons. The predicted octanol–water partition coefficient (Wildman–Crippen LogP) is 3.59. The molecule has 0 N–H and O–H groups in total. The minimum absolute atomic E-state index is 0.327. The largest absolute Gasteiger partial charge is 0.415 e. The maximum absolute atomic E-state index is 12.0. The third-order valence-corrected chi connectivity index (χ3v) is 3.08. The number of nitrogens with zero attached hydrogens (tertiary/aromatic N) is 2. The molecule has 1 aromatic heterocycles. The summed E-state index contributed by atoms with van der Waals surface area (Å²) >= 11 is 0. The van der Waals surface area contributed by atoms with Crippen molar-refractivity contribution in [3.8, 4) is 16.9 Å². The average molecular weight is 270 g/mol. The van der Waals surface area contributed by atoms with E-state index in [1.807, 2.05) is 44.2 Å². The number of carbonyl (C=O) groups is 1. The Bertz CT molecular complexity index is 566. The highest BCUT2D eigenvalue weighted by Gasteiger charge is 2.14. The molecule has 0 atom stereocenters. The Labute approximate surface area is 119 Å². The number of para-hydroxylation sites is 1. The fourth-order valence-corrected chi connectivity index (χ4v) is 1.96. The minimum atomic E-state index is -0.327. The van der Waals surface area contributed by atoms with Gasteiger partial charge >= 0.3 is 6.09 Å². The summed E-state index contributed by atoms with van der Waals surface area (Å²) in [7, 11) is 0. The number of hydrogen-bond donors (Lipinski definition) is 0. The molecule has 0 spiro atoms. The van der Waals surface area contributed by atoms with Crippen LogP contribution in [-0.2, 0) is 0 Å². The van der Waals surface area contributed by atoms with Crippen LogP contribution in [0.3, 0.4) is 0 Å². The van der Waals surface area contributed by atoms with Crippen LogP contribution in [0.15, 0.2) is 48.8 Å². The highest BCUT2D eigenvalue weighted by atomic mass is 16.6. The van der Waals surface area contributed by atoms with E-state index in [-0.39, 0.29) is 6.09 Å². The van der Waals surface area contributed by atoms with E-state index in [2.05, 4.69) is 4.98 Å². The number of pyridine rings is 1. The van der Waals surface area contributed by atoms with Crippen LogP contribution in [0.5, 0.6) is 5.75 Å². The van der Waals surface area contributed by atoms with Gasteiger partial charge in [0.05, 0.1) is 0 Å². The van der Waals surface area contributed by atoms with Gasteiger partial charge in [0.15, 0.2) is 0 Å². The lowest BCUT2D eigenvalue weighted by molar-refractivity contribution is 0.157. The molecular weight excluding hydrogens is 252 g/mol. The first-order valence-corrected chi connectivity index (χ1v) is 6.72. The van der Waals surface area contributed by atoms with E-state index in [4.69, 9.17) is 4.74 Å². The van der Waals surface area contributed by atoms with Gasteiger partial charge < -0.3 is 9.64 Å². The SMILES string of the molecule is CCN(CC)C(=O)Oc1ccccc1-c1cccnc1. The van der Waals surface area contributed by atoms with Gasteiger partial charge in [-0.2, -0.15) is 0 Å². The first-order valence-electron chi connectivity index (χ1n) is 6.72. The number of rotatable bonds is 4. The van der Waals surface area contributed by atoms with E-state index in [0.717, 1.165) is 11.1 Å². The molecular formula is C16H18N2O2. The van der Waals surface area contributed by atoms with E-state index in [1.54, 1.807) is 23.4 Å². The number of aromatic nitrogens is 1. The maximum Gasteiger partial charge on any atom is 0.415 e. The smallest absolute Gasteiger partial charge is 0.410 e. The topological polar surface area (TPSA) is 42.4 Å². The van der Waals surface area contributed by atoms with Crippen LogP contribution in [0.1, 0.15) is 13.8 Å². The molecule has 2 aromatic rings. The van der Waals surface area contributed by atoms with Crippen LogP contribution in [0.2, 0.25) is 0 Å². The van der Waals surface area contributed by atoms with Crippen molar-refractivity contribution in [2.45, 2.75) is 13.8 Å². The summed E-state index contributed by atoms with van der Waals surface area (Å²) in [4.78, 5) is 17.8. The lowest BCUT2D eigenvalue weighted by atomic mass is 10.1. The molecule has 2 rings (SSSR count). The standard InChI is InChI=1S/C16H18N2O2/c1-3-18(4-2)16(19)20-15-10-6-5-9-14(15)13-8-7-11-17-12-13/h5-12H,3-4H2,1-2H3. The third-order valence-electron chi connectivity index (χ3n) is 3.08. The minimum Gasteiger partial charge on any atom is -0.410 e. The van der Waals surface area contributed by atoms with Crippen molar-refractivity contribution in [1.29, 1.82) is 0 Å². The van der Waals surface area contributed by atoms with Gasteiger partial charge in [0.25, 0.3) is 0 Å². The zero-order valence-electron chi connectivity index (χ0n) is 11.7. The summed E-state index contributed by atoms with van der Waals surface area (Å²) in [5, 5.41) is 0. The highest BCUT2D eigenvalue weighted by Crippen LogP contribution is 2.29. The van der Waals surface area contributed by atoms with Gasteiger partial charge in [0.2, 0.25) is 0 Å². The molecule has 0 fully saturated rings. The monoisotopic (exact) mass is 270 g/mol. The van der Waals surface area contributed by atoms with Crippen LogP contribution in [0.25, 0.3) is 11.1 Å². The zero-order valence-corrected chi connectivity index (χ0v) is 11.7. The zero-order chi connectivity index (χ0) is 14.4. The summed E-state index contributed by atoms with van der Waals surface area (Å²) in [6.07, 6.45) is 3.14. The highest BCUT2D eigenvalue weighted by molar-refractivity contribution is 5.76. The van der Waals surface area contributed by atoms with E-state index in [1.165, 1.54) is 0 Å². The van der Waals surface area contributed by atoms with Crippen LogP contribution in [0, 0.1) is 0 Å². The normalized spacial score (nSPS) is 10.1. The van der Waals surface area contributed by atoms with Crippen molar-refractivity contribution in [3.63, 3.8) is 0 Å². The molecule has 0 radical (unpaired) electrons. The van der Waals surface area contributed by atoms with Gasteiger partial charge in [0.1, 0.15) is 5.75 Å². The van der Waals surface area contributed by atoms with E-state index >= 15 is 0 Å². The van der Waals surface area contributed by atoms with Gasteiger partial charge in [-0.1, -0.05) is 24.3 Å². The van der Waals surface area contributed by atoms with Gasteiger partial charge in [-0.25, -0.2) is 4.79 Å². The van der Waals surface area contributed by atoms with Gasteiger partial charge in [-0.3, -0.25) is 4.98 Å². The molecule has 4 heteroatoms. The molecule has 0 saturated heterocycles. The van der Waals surface area contributed by atoms with Crippen molar-refractivity contribution in [2.75, 3.05) is 13.1 Å². The van der Waals surface area contributed by atoms with E-state index in [9.17, 15) is 4.79 Å². The molecule has 1 heterocycles. The summed E-state index contributed by atoms with van der Waals surface area (Å²) in [5.74, 6) is 0.553. The summed E-state index contributed by atoms with van der Waals surface area (Å²) < 4.78 is 5.50. The Morgan fingerprint density at radius 3 is 2.55 bits per heavy atom. The number of carbonyl (C=O) groups excluding carboxylic acids is 1. The number of ether oxygens (including phenoxy) is 1. The molecule has 0 aliphatic rings. The molecule has 0 bridgehead atoms. The van der Waals surface area contributed by atoms with Crippen LogP contribution in [-0.4, -0.2) is 29.1 Å². The molecule has 0 aliphatic heterocycles. The van der Waals surface area contributed by atoms with Crippen molar-refractivity contribution in [3.05, 3.63) is 48.8 Å². The number of amides is 1. The van der Waals surface area contributed by atoms with Crippen LogP contribution in [0.4, 0.5) is 4.79 Å². The first-order chi connectivity index (χ1) is 9.76. The first kappa shape index (κ1) is 14.1. The molecule has 0 unspecified atom stereocenters. The molecule has 1 amide bonds. The Hall–Kier alpha value is -2.36. The fraction of sp³-hybridized carbons (Fsp3) is 0.250. The quantitative estimate of drug-likeness (QED) is 0.852. The van der Waals surface area contributed by atoms with Gasteiger partial charge in [-0.05, 0) is 26.0 Å². The predicted molar refractivity (Wildman–Crippen MR) is 78.6 cm³/mol. The molecule has 1 aromatic carbocycles. The second-order valence-electron chi connectivity index (χ2n) is 4.28. The number of hydrogen-bond acceptors (Lipinski definition) is 3. The van der Waals surface area contributed by atoms with E-state index in [0.29, 0.717) is 18.8 Å². The Morgan fingerprint density at radius 2 is 1.90 bits per heavy atom. The fourth-order valence-electron chi connectivity index (χ4n) is 1.96. The van der Waals surface area contributed by atoms with Crippen molar-refractivity contribution in [2.24, 2.45) is 0 Å². The summed E-state index contributed by atoms with van der Waals surface area (Å²) in [6.45, 7) is 5.12. The molecule has 20 heavy (non-hydrogen) atoms. The number of benzene rings is 1. The van der Waals surface area contributed by atoms with Gasteiger partial charge in [-0.15, -0.1) is 0 Å². The molecule has 0 aliphatic carbocycles.